The van der Waals surface area contributed by atoms with E-state index in [-0.39, 0.29) is 12.4 Å². The van der Waals surface area contributed by atoms with Gasteiger partial charge in [0.15, 0.2) is 0 Å². The number of aromatic hydroxyl groups is 1. The molecule has 0 aliphatic rings. The van der Waals surface area contributed by atoms with Crippen molar-refractivity contribution in [2.24, 2.45) is 0 Å². The van der Waals surface area contributed by atoms with E-state index in [2.05, 4.69) is 4.98 Å². The zero-order chi connectivity index (χ0) is 13.7. The predicted molar refractivity (Wildman–Crippen MR) is 68.2 cm³/mol. The lowest BCUT2D eigenvalue weighted by atomic mass is 10.0. The molecule has 1 aromatic carbocycles. The number of ether oxygens (including phenoxy) is 1. The van der Waals surface area contributed by atoms with E-state index in [4.69, 9.17) is 4.74 Å². The van der Waals surface area contributed by atoms with Gasteiger partial charge in [-0.1, -0.05) is 12.1 Å². The van der Waals surface area contributed by atoms with Crippen LogP contribution in [0.5, 0.6) is 11.5 Å². The zero-order valence-corrected chi connectivity index (χ0v) is 10.1. The van der Waals surface area contributed by atoms with E-state index in [1.54, 1.807) is 30.5 Å². The first-order valence-corrected chi connectivity index (χ1v) is 5.71. The first kappa shape index (κ1) is 12.9. The molecule has 0 aliphatic heterocycles. The third kappa shape index (κ3) is 3.45. The molecule has 0 saturated heterocycles. The molecule has 2 rings (SSSR count). The van der Waals surface area contributed by atoms with Crippen LogP contribution in [0.3, 0.4) is 0 Å². The maximum Gasteiger partial charge on any atom is 0.314 e. The average molecular weight is 259 g/mol. The van der Waals surface area contributed by atoms with E-state index in [0.717, 1.165) is 0 Å². The number of carboxylic acids is 1. The molecule has 5 heteroatoms. The van der Waals surface area contributed by atoms with Gasteiger partial charge in [-0.3, -0.25) is 9.78 Å². The summed E-state index contributed by atoms with van der Waals surface area (Å²) in [7, 11) is 0. The van der Waals surface area contributed by atoms with Crippen molar-refractivity contribution >= 4 is 5.97 Å². The van der Waals surface area contributed by atoms with Gasteiger partial charge in [0.05, 0.1) is 0 Å². The Morgan fingerprint density at radius 2 is 2.16 bits per heavy atom. The van der Waals surface area contributed by atoms with Crippen LogP contribution >= 0.6 is 0 Å². The number of phenols is 1. The molecule has 0 amide bonds. The number of aliphatic carboxylic acids is 1. The molecular weight excluding hydrogens is 246 g/mol. The summed E-state index contributed by atoms with van der Waals surface area (Å²) in [5.41, 5.74) is 0.579. The molecule has 1 aromatic heterocycles. The first-order valence-electron chi connectivity index (χ1n) is 5.71. The molecule has 98 valence electrons. The Labute approximate surface area is 110 Å². The van der Waals surface area contributed by atoms with Crippen molar-refractivity contribution in [1.82, 2.24) is 4.98 Å². The molecule has 1 unspecified atom stereocenters. The van der Waals surface area contributed by atoms with Crippen molar-refractivity contribution in [1.29, 1.82) is 0 Å². The highest BCUT2D eigenvalue weighted by Gasteiger charge is 2.20. The van der Waals surface area contributed by atoms with Gasteiger partial charge in [0.25, 0.3) is 0 Å². The normalized spacial score (nSPS) is 11.8. The number of rotatable bonds is 5. The maximum absolute atomic E-state index is 11.2. The third-order valence-corrected chi connectivity index (χ3v) is 2.62. The van der Waals surface area contributed by atoms with Crippen LogP contribution in [0.15, 0.2) is 48.8 Å². The Morgan fingerprint density at radius 3 is 2.79 bits per heavy atom. The quantitative estimate of drug-likeness (QED) is 0.858. The zero-order valence-electron chi connectivity index (χ0n) is 10.1. The van der Waals surface area contributed by atoms with Crippen LogP contribution in [-0.4, -0.2) is 27.8 Å². The predicted octanol–water partition coefficient (Wildman–Crippen LogP) is 2.03. The van der Waals surface area contributed by atoms with Crippen LogP contribution in [0.4, 0.5) is 0 Å². The Bertz CT molecular complexity index is 556. The second-order valence-electron chi connectivity index (χ2n) is 3.99. The van der Waals surface area contributed by atoms with Crippen LogP contribution in [0.1, 0.15) is 11.5 Å². The van der Waals surface area contributed by atoms with Gasteiger partial charge >= 0.3 is 5.97 Å². The Kier molecular flexibility index (Phi) is 3.97. The second-order valence-corrected chi connectivity index (χ2v) is 3.99. The number of carbonyl (C=O) groups is 1. The van der Waals surface area contributed by atoms with E-state index in [1.807, 2.05) is 0 Å². The summed E-state index contributed by atoms with van der Waals surface area (Å²) in [6.45, 7) is -0.0233. The molecule has 0 radical (unpaired) electrons. The van der Waals surface area contributed by atoms with Gasteiger partial charge in [0.2, 0.25) is 0 Å². The van der Waals surface area contributed by atoms with Gasteiger partial charge in [0, 0.05) is 18.5 Å². The molecule has 0 fully saturated rings. The highest BCUT2D eigenvalue weighted by Crippen LogP contribution is 2.21. The summed E-state index contributed by atoms with van der Waals surface area (Å²) in [5.74, 6) is -1.27. The summed E-state index contributed by atoms with van der Waals surface area (Å²) in [6.07, 6.45) is 3.09. The first-order chi connectivity index (χ1) is 9.16. The molecule has 1 atom stereocenters. The fraction of sp³-hybridized carbons (Fsp3) is 0.143. The van der Waals surface area contributed by atoms with Crippen LogP contribution in [0, 0.1) is 0 Å². The molecular formula is C14H13NO4. The van der Waals surface area contributed by atoms with Crippen molar-refractivity contribution in [3.63, 3.8) is 0 Å². The maximum atomic E-state index is 11.2. The number of aromatic nitrogens is 1. The van der Waals surface area contributed by atoms with Gasteiger partial charge in [-0.15, -0.1) is 0 Å². The van der Waals surface area contributed by atoms with E-state index < -0.39 is 11.9 Å². The lowest BCUT2D eigenvalue weighted by Crippen LogP contribution is -2.19. The summed E-state index contributed by atoms with van der Waals surface area (Å²) in [5, 5.41) is 18.5. The van der Waals surface area contributed by atoms with Crippen LogP contribution < -0.4 is 4.74 Å². The van der Waals surface area contributed by atoms with E-state index in [0.29, 0.717) is 11.3 Å². The highest BCUT2D eigenvalue weighted by molar-refractivity contribution is 5.76. The average Bonchev–Trinajstić information content (AvgIpc) is 2.40. The minimum absolute atomic E-state index is 0.0233. The van der Waals surface area contributed by atoms with Gasteiger partial charge in [-0.25, -0.2) is 0 Å². The Hall–Kier alpha value is -2.56. The number of benzene rings is 1. The molecule has 1 heterocycles. The minimum atomic E-state index is -0.979. The molecule has 2 N–H and O–H groups in total. The van der Waals surface area contributed by atoms with Crippen LogP contribution in [-0.2, 0) is 4.79 Å². The number of hydrogen-bond acceptors (Lipinski definition) is 4. The van der Waals surface area contributed by atoms with Gasteiger partial charge in [0.1, 0.15) is 24.0 Å². The fourth-order valence-electron chi connectivity index (χ4n) is 1.65. The summed E-state index contributed by atoms with van der Waals surface area (Å²) in [6, 6.07) is 9.61. The number of hydrogen-bond donors (Lipinski definition) is 2. The summed E-state index contributed by atoms with van der Waals surface area (Å²) >= 11 is 0. The van der Waals surface area contributed by atoms with E-state index in [9.17, 15) is 15.0 Å². The molecule has 0 aliphatic carbocycles. The van der Waals surface area contributed by atoms with Gasteiger partial charge in [-0.05, 0) is 23.8 Å². The SMILES string of the molecule is O=C(O)C(COc1cccc(O)c1)c1cccnc1. The van der Waals surface area contributed by atoms with Gasteiger partial charge in [-0.2, -0.15) is 0 Å². The molecule has 0 bridgehead atoms. The molecule has 5 nitrogen and oxygen atoms in total. The standard InChI is InChI=1S/C14H13NO4/c16-11-4-1-5-12(7-11)19-9-13(14(17)18)10-3-2-6-15-8-10/h1-8,13,16H,9H2,(H,17,18). The monoisotopic (exact) mass is 259 g/mol. The second kappa shape index (κ2) is 5.86. The molecule has 19 heavy (non-hydrogen) atoms. The minimum Gasteiger partial charge on any atom is -0.508 e. The third-order valence-electron chi connectivity index (χ3n) is 2.62. The smallest absolute Gasteiger partial charge is 0.314 e. The topological polar surface area (TPSA) is 79.7 Å². The Balaban J connectivity index is 2.08. The number of nitrogens with zero attached hydrogens (tertiary/aromatic N) is 1. The van der Waals surface area contributed by atoms with Crippen molar-refractivity contribution < 1.29 is 19.7 Å². The summed E-state index contributed by atoms with van der Waals surface area (Å²) < 4.78 is 5.40. The highest BCUT2D eigenvalue weighted by atomic mass is 16.5. The largest absolute Gasteiger partial charge is 0.508 e. The molecule has 2 aromatic rings. The lowest BCUT2D eigenvalue weighted by molar-refractivity contribution is -0.139. The lowest BCUT2D eigenvalue weighted by Gasteiger charge is -2.13. The van der Waals surface area contributed by atoms with Crippen molar-refractivity contribution in [2.75, 3.05) is 6.61 Å². The number of phenolic OH excluding ortho intramolecular Hbond substituents is 1. The van der Waals surface area contributed by atoms with E-state index >= 15 is 0 Å². The van der Waals surface area contributed by atoms with Crippen LogP contribution in [0.2, 0.25) is 0 Å². The van der Waals surface area contributed by atoms with E-state index in [1.165, 1.54) is 18.3 Å². The van der Waals surface area contributed by atoms with Crippen molar-refractivity contribution in [3.8, 4) is 11.5 Å². The number of carboxylic acid groups (broad SMARTS) is 1. The van der Waals surface area contributed by atoms with Crippen molar-refractivity contribution in [2.45, 2.75) is 5.92 Å². The number of pyridine rings is 1. The Morgan fingerprint density at radius 1 is 1.32 bits per heavy atom. The van der Waals surface area contributed by atoms with Gasteiger partial charge < -0.3 is 14.9 Å². The van der Waals surface area contributed by atoms with Crippen LogP contribution in [0.25, 0.3) is 0 Å². The molecule has 0 saturated carbocycles. The van der Waals surface area contributed by atoms with Crippen molar-refractivity contribution in [3.05, 3.63) is 54.4 Å². The fourth-order valence-corrected chi connectivity index (χ4v) is 1.65. The molecule has 0 spiro atoms. The summed E-state index contributed by atoms with van der Waals surface area (Å²) in [4.78, 5) is 15.1.